The molecule has 6 fully saturated rings. The maximum atomic E-state index is 15.1. The monoisotopic (exact) mass is 1620 g/mol. The topological polar surface area (TPSA) is 408 Å². The Kier molecular flexibility index (Phi) is 39.9. The number of hydrogen-bond donors (Lipinski definition) is 0. The Labute approximate surface area is 662 Å². The summed E-state index contributed by atoms with van der Waals surface area (Å²) in [5.41, 5.74) is 0. The second kappa shape index (κ2) is 47.5. The number of fused-ring (bicyclic) bond motifs is 2. The number of rotatable bonds is 32. The highest BCUT2D eigenvalue weighted by Gasteiger charge is 2.62. The van der Waals surface area contributed by atoms with Crippen molar-refractivity contribution in [1.29, 1.82) is 0 Å². The van der Waals surface area contributed by atoms with Crippen LogP contribution in [0, 0.1) is 5.92 Å². The largest absolute Gasteiger partial charge is 0.463 e. The summed E-state index contributed by atoms with van der Waals surface area (Å²) in [7, 11) is 0. The van der Waals surface area contributed by atoms with Gasteiger partial charge < -0.3 is 104 Å². The van der Waals surface area contributed by atoms with Gasteiger partial charge in [-0.15, -0.1) is 0 Å². The lowest BCUT2D eigenvalue weighted by Gasteiger charge is -2.52. The van der Waals surface area contributed by atoms with Gasteiger partial charge in [0.05, 0.1) is 36.4 Å². The Balaban J connectivity index is 1.61. The molecule has 0 N–H and O–H groups in total. The Morgan fingerprint density at radius 3 is 1.29 bits per heavy atom. The molecule has 34 heteroatoms. The second-order valence-electron chi connectivity index (χ2n) is 29.9. The van der Waals surface area contributed by atoms with Crippen LogP contribution < -0.4 is 0 Å². The minimum atomic E-state index is -2.12. The van der Waals surface area contributed by atoms with Crippen LogP contribution in [0.1, 0.15) is 259 Å². The molecule has 0 aromatic rings. The van der Waals surface area contributed by atoms with E-state index in [0.29, 0.717) is 44.9 Å². The fourth-order valence-corrected chi connectivity index (χ4v) is 14.7. The maximum absolute atomic E-state index is 15.1. The van der Waals surface area contributed by atoms with Gasteiger partial charge in [-0.2, -0.15) is 0 Å². The molecular formula is C79H124O34. The fraction of sp³-hybridized carbons (Fsp3) is 0.848. The molecule has 27 atom stereocenters. The SMILES string of the molecule is CCCCCCCCCCCC(=O)O[C@H]1[C@H](O[C@@H]2[C@@H](OC(C)=O)[C@H]3OC(=O)CCCCCCCCC[C@H](CCC)O[C@@H]4O[C@H](C)[C@H](OC(C)=O)[C@H](OC(C)=O)[C@H]4O[C@@H]3O[C@H]2C)O[C@@H](C)[C@H](O[C@@H]2O[C@@H](C)[C@H](OC(=O)[C@@H](C)CC)[C@@H](OC(C)=O)[C@H]2OC(C)=O)[C@H]1O[C@@H]1O[C@H](COC(C)=O)[C@@H](OC(C)=O)[C@H](OC(C)=O)[C@H]1OC(C)=O. The molecule has 34 nitrogen and oxygen atoms in total. The van der Waals surface area contributed by atoms with E-state index < -0.39 is 244 Å². The summed E-state index contributed by atoms with van der Waals surface area (Å²) in [5.74, 6) is -11.4. The van der Waals surface area contributed by atoms with Gasteiger partial charge in [-0.25, -0.2) is 0 Å². The summed E-state index contributed by atoms with van der Waals surface area (Å²) < 4.78 is 140. The molecule has 0 amide bonds. The van der Waals surface area contributed by atoms with Crippen LogP contribution in [0.25, 0.3) is 0 Å². The van der Waals surface area contributed by atoms with Crippen molar-refractivity contribution >= 4 is 71.6 Å². The van der Waals surface area contributed by atoms with Crippen LogP contribution in [-0.4, -0.2) is 238 Å². The minimum absolute atomic E-state index is 0.163. The summed E-state index contributed by atoms with van der Waals surface area (Å²) >= 11 is 0. The predicted octanol–water partition coefficient (Wildman–Crippen LogP) is 8.66. The summed E-state index contributed by atoms with van der Waals surface area (Å²) in [4.78, 5) is 163. The Morgan fingerprint density at radius 2 is 0.770 bits per heavy atom. The van der Waals surface area contributed by atoms with Crippen molar-refractivity contribution in [2.45, 2.75) is 419 Å². The molecule has 6 rings (SSSR count). The standard InChI is InChI=1S/C79H124O34/c1-18-21-22-23-24-25-28-31-34-39-58(90)108-72-67(112-79-70(104-54(17)88)68(102-52(15)86)63(98-48(11)82)56(106-79)40-92-46(9)80)62(111-76-69(103-53(16)87)65(100-50(13)84)60(43(6)94-76)109-74(91)41(4)20-3)45(8)95-77(72)110-61-44(7)96-78-71(66(61)101-51(14)85)107-57(89)38-35-32-29-26-27-30-33-37-55(36-19-2)105-75-73(113-78)64(99-49(12)83)59(42(5)93-75)97-47(10)81/h41-45,55-56,59-73,75-79H,18-40H2,1-17H3/t41-,42+,43-,44-,45-,55-,56+,59-,60-,61-,62-,63+,64-,65+,66+,67+,68-,69+,70+,71+,72+,73+,75-,76-,77-,78-,79-/m0/s1. The van der Waals surface area contributed by atoms with Crippen molar-refractivity contribution in [2.75, 3.05) is 6.61 Å². The summed E-state index contributed by atoms with van der Waals surface area (Å²) in [6.45, 7) is 22.3. The summed E-state index contributed by atoms with van der Waals surface area (Å²) in [5, 5.41) is 0. The number of unbranched alkanes of at least 4 members (excludes halogenated alkanes) is 8. The van der Waals surface area contributed by atoms with Crippen molar-refractivity contribution in [1.82, 2.24) is 0 Å². The van der Waals surface area contributed by atoms with E-state index in [9.17, 15) is 52.7 Å². The molecule has 0 aromatic heterocycles. The van der Waals surface area contributed by atoms with Crippen molar-refractivity contribution in [2.24, 2.45) is 5.92 Å². The fourth-order valence-electron chi connectivity index (χ4n) is 14.7. The Morgan fingerprint density at radius 1 is 0.372 bits per heavy atom. The van der Waals surface area contributed by atoms with Crippen molar-refractivity contribution in [3.63, 3.8) is 0 Å². The van der Waals surface area contributed by atoms with E-state index in [1.165, 1.54) is 20.8 Å². The molecular weight excluding hydrogens is 1490 g/mol. The molecule has 0 radical (unpaired) electrons. The number of ether oxygens (including phenoxy) is 22. The lowest BCUT2D eigenvalue weighted by Crippen LogP contribution is -2.69. The van der Waals surface area contributed by atoms with Crippen LogP contribution in [0.15, 0.2) is 0 Å². The van der Waals surface area contributed by atoms with E-state index in [1.54, 1.807) is 20.8 Å². The molecule has 6 aliphatic heterocycles. The molecule has 6 saturated heterocycles. The number of carbonyl (C=O) groups excluding carboxylic acids is 12. The Bertz CT molecular complexity index is 3070. The van der Waals surface area contributed by atoms with Gasteiger partial charge in [-0.05, 0) is 59.8 Å². The molecule has 0 saturated carbocycles. The van der Waals surface area contributed by atoms with E-state index in [1.807, 2.05) is 6.92 Å². The summed E-state index contributed by atoms with van der Waals surface area (Å²) in [6.07, 6.45) is -28.1. The molecule has 0 aliphatic carbocycles. The third kappa shape index (κ3) is 29.7. The van der Waals surface area contributed by atoms with Crippen LogP contribution >= 0.6 is 0 Å². The van der Waals surface area contributed by atoms with E-state index in [-0.39, 0.29) is 19.3 Å². The molecule has 0 aromatic carbocycles. The quantitative estimate of drug-likeness (QED) is 0.0345. The molecule has 6 aliphatic rings. The predicted molar refractivity (Wildman–Crippen MR) is 389 cm³/mol. The van der Waals surface area contributed by atoms with Gasteiger partial charge in [-0.3, -0.25) is 57.5 Å². The molecule has 0 bridgehead atoms. The second-order valence-corrected chi connectivity index (χ2v) is 29.9. The number of carbonyl (C=O) groups is 12. The first-order chi connectivity index (χ1) is 53.6. The molecule has 113 heavy (non-hydrogen) atoms. The third-order valence-electron chi connectivity index (χ3n) is 20.2. The first-order valence-corrected chi connectivity index (χ1v) is 40.3. The van der Waals surface area contributed by atoms with Gasteiger partial charge >= 0.3 is 71.6 Å². The Hall–Kier alpha value is -6.76. The zero-order valence-corrected chi connectivity index (χ0v) is 68.7. The van der Waals surface area contributed by atoms with Crippen LogP contribution in [0.5, 0.6) is 0 Å². The van der Waals surface area contributed by atoms with Crippen molar-refractivity contribution < 1.29 is 162 Å². The molecule has 644 valence electrons. The minimum Gasteiger partial charge on any atom is -0.463 e. The van der Waals surface area contributed by atoms with Crippen LogP contribution in [-0.2, 0) is 162 Å². The van der Waals surface area contributed by atoms with Crippen LogP contribution in [0.3, 0.4) is 0 Å². The lowest BCUT2D eigenvalue weighted by molar-refractivity contribution is -0.400. The average molecular weight is 1620 g/mol. The van der Waals surface area contributed by atoms with E-state index in [4.69, 9.17) is 104 Å². The van der Waals surface area contributed by atoms with Crippen LogP contribution in [0.2, 0.25) is 0 Å². The number of esters is 12. The van der Waals surface area contributed by atoms with Gasteiger partial charge in [0, 0.05) is 75.2 Å². The maximum Gasteiger partial charge on any atom is 0.309 e. The number of hydrogen-bond acceptors (Lipinski definition) is 34. The lowest BCUT2D eigenvalue weighted by atomic mass is 9.94. The molecule has 0 unspecified atom stereocenters. The summed E-state index contributed by atoms with van der Waals surface area (Å²) in [6, 6.07) is 0. The molecule has 0 spiro atoms. The van der Waals surface area contributed by atoms with Gasteiger partial charge in [-0.1, -0.05) is 124 Å². The van der Waals surface area contributed by atoms with E-state index in [0.717, 1.165) is 139 Å². The average Bonchev–Trinajstić information content (AvgIpc) is 0.757. The highest BCUT2D eigenvalue weighted by molar-refractivity contribution is 5.73. The third-order valence-corrected chi connectivity index (χ3v) is 20.2. The van der Waals surface area contributed by atoms with Gasteiger partial charge in [0.15, 0.2) is 105 Å². The highest BCUT2D eigenvalue weighted by Crippen LogP contribution is 2.42. The molecule has 6 heterocycles. The van der Waals surface area contributed by atoms with Crippen LogP contribution in [0.4, 0.5) is 0 Å². The van der Waals surface area contributed by atoms with E-state index in [2.05, 4.69) is 6.92 Å². The zero-order chi connectivity index (χ0) is 83.3. The smallest absolute Gasteiger partial charge is 0.309 e. The normalized spacial score (nSPS) is 34.2. The first kappa shape index (κ1) is 95.1. The van der Waals surface area contributed by atoms with Crippen molar-refractivity contribution in [3.05, 3.63) is 0 Å². The first-order valence-electron chi connectivity index (χ1n) is 40.3. The van der Waals surface area contributed by atoms with Gasteiger partial charge in [0.1, 0.15) is 31.0 Å². The highest BCUT2D eigenvalue weighted by atomic mass is 16.8. The van der Waals surface area contributed by atoms with Crippen molar-refractivity contribution in [3.8, 4) is 0 Å². The van der Waals surface area contributed by atoms with Gasteiger partial charge in [0.25, 0.3) is 0 Å². The zero-order valence-electron chi connectivity index (χ0n) is 68.7. The van der Waals surface area contributed by atoms with E-state index >= 15 is 4.79 Å². The van der Waals surface area contributed by atoms with Gasteiger partial charge in [0.2, 0.25) is 0 Å².